The molecule has 0 saturated carbocycles. The van der Waals surface area contributed by atoms with Crippen molar-refractivity contribution in [1.29, 1.82) is 0 Å². The minimum atomic E-state index is -0.0428. The predicted molar refractivity (Wildman–Crippen MR) is 84.5 cm³/mol. The maximum atomic E-state index is 6.19. The molecule has 2 rings (SSSR count). The molecule has 0 bridgehead atoms. The summed E-state index contributed by atoms with van der Waals surface area (Å²) in [6.07, 6.45) is 0. The molecule has 1 heterocycles. The Hall–Kier alpha value is -1.72. The van der Waals surface area contributed by atoms with Crippen LogP contribution < -0.4 is 16.4 Å². The molecular weight excluding hydrogens is 297 g/mol. The van der Waals surface area contributed by atoms with Gasteiger partial charge in [0.05, 0.1) is 6.04 Å². The molecule has 0 amide bonds. The van der Waals surface area contributed by atoms with E-state index in [1.807, 2.05) is 13.0 Å². The maximum absolute atomic E-state index is 6.19. The van der Waals surface area contributed by atoms with Gasteiger partial charge in [0.15, 0.2) is 0 Å². The second-order valence-electron chi connectivity index (χ2n) is 4.28. The molecule has 0 aliphatic heterocycles. The van der Waals surface area contributed by atoms with Crippen molar-refractivity contribution in [1.82, 2.24) is 9.97 Å². The zero-order chi connectivity index (χ0) is 14.7. The Balaban J connectivity index is 2.22. The second kappa shape index (κ2) is 6.15. The van der Waals surface area contributed by atoms with Crippen molar-refractivity contribution < 1.29 is 0 Å². The quantitative estimate of drug-likeness (QED) is 0.804. The van der Waals surface area contributed by atoms with E-state index in [1.165, 1.54) is 0 Å². The van der Waals surface area contributed by atoms with Gasteiger partial charge >= 0.3 is 0 Å². The second-order valence-corrected chi connectivity index (χ2v) is 5.12. The number of anilines is 3. The van der Waals surface area contributed by atoms with Crippen LogP contribution in [0.15, 0.2) is 24.3 Å². The van der Waals surface area contributed by atoms with Crippen molar-refractivity contribution in [2.75, 3.05) is 23.4 Å². The first-order valence-corrected chi connectivity index (χ1v) is 6.79. The Kier molecular flexibility index (Phi) is 4.52. The molecular formula is C13H15Cl2N5. The summed E-state index contributed by atoms with van der Waals surface area (Å²) >= 11 is 12.1. The number of rotatable bonds is 4. The van der Waals surface area contributed by atoms with Crippen LogP contribution >= 0.6 is 23.2 Å². The van der Waals surface area contributed by atoms with Crippen LogP contribution in [0.5, 0.6) is 0 Å². The van der Waals surface area contributed by atoms with E-state index in [9.17, 15) is 0 Å². The van der Waals surface area contributed by atoms with Crippen LogP contribution in [-0.4, -0.2) is 17.0 Å². The number of aromatic nitrogens is 2. The molecule has 7 heteroatoms. The first-order chi connectivity index (χ1) is 9.49. The lowest BCUT2D eigenvalue weighted by Crippen LogP contribution is -2.10. The van der Waals surface area contributed by atoms with E-state index in [2.05, 4.69) is 20.6 Å². The molecule has 0 aliphatic carbocycles. The molecule has 106 valence electrons. The molecule has 1 atom stereocenters. The van der Waals surface area contributed by atoms with E-state index in [1.54, 1.807) is 25.2 Å². The van der Waals surface area contributed by atoms with Gasteiger partial charge in [0, 0.05) is 23.2 Å². The molecule has 1 aromatic carbocycles. The highest BCUT2D eigenvalue weighted by Gasteiger charge is 2.11. The van der Waals surface area contributed by atoms with Crippen LogP contribution in [0.1, 0.15) is 18.5 Å². The van der Waals surface area contributed by atoms with Gasteiger partial charge in [-0.3, -0.25) is 0 Å². The van der Waals surface area contributed by atoms with Gasteiger partial charge in [0.2, 0.25) is 5.95 Å². The Labute approximate surface area is 127 Å². The van der Waals surface area contributed by atoms with Crippen molar-refractivity contribution in [3.63, 3.8) is 0 Å². The van der Waals surface area contributed by atoms with Gasteiger partial charge in [-0.2, -0.15) is 9.97 Å². The first kappa shape index (κ1) is 14.7. The molecule has 4 N–H and O–H groups in total. The lowest BCUT2D eigenvalue weighted by atomic mass is 10.1. The number of nitrogens with two attached hydrogens (primary N) is 1. The van der Waals surface area contributed by atoms with Gasteiger partial charge < -0.3 is 16.4 Å². The van der Waals surface area contributed by atoms with Crippen LogP contribution in [0.4, 0.5) is 17.6 Å². The number of nitrogen functional groups attached to an aromatic ring is 1. The fourth-order valence-corrected chi connectivity index (χ4v) is 2.39. The third kappa shape index (κ3) is 3.43. The summed E-state index contributed by atoms with van der Waals surface area (Å²) in [6, 6.07) is 7.12. The van der Waals surface area contributed by atoms with Crippen LogP contribution in [0.2, 0.25) is 10.0 Å². The third-order valence-electron chi connectivity index (χ3n) is 2.79. The average Bonchev–Trinajstić information content (AvgIpc) is 2.37. The molecule has 0 saturated heterocycles. The summed E-state index contributed by atoms with van der Waals surface area (Å²) in [6.45, 7) is 1.98. The molecule has 2 aromatic rings. The summed E-state index contributed by atoms with van der Waals surface area (Å²) in [7, 11) is 1.77. The van der Waals surface area contributed by atoms with Gasteiger partial charge in [0.25, 0.3) is 0 Å². The monoisotopic (exact) mass is 311 g/mol. The van der Waals surface area contributed by atoms with Crippen molar-refractivity contribution >= 4 is 40.8 Å². The van der Waals surface area contributed by atoms with Crippen LogP contribution in [0.25, 0.3) is 0 Å². The van der Waals surface area contributed by atoms with Gasteiger partial charge in [-0.1, -0.05) is 29.3 Å². The van der Waals surface area contributed by atoms with Gasteiger partial charge in [0.1, 0.15) is 11.6 Å². The van der Waals surface area contributed by atoms with E-state index >= 15 is 0 Å². The van der Waals surface area contributed by atoms with E-state index in [4.69, 9.17) is 28.9 Å². The summed E-state index contributed by atoms with van der Waals surface area (Å²) in [5.74, 6) is 1.48. The number of hydrogen-bond acceptors (Lipinski definition) is 5. The van der Waals surface area contributed by atoms with Crippen molar-refractivity contribution in [3.05, 3.63) is 39.9 Å². The normalized spacial score (nSPS) is 12.0. The summed E-state index contributed by atoms with van der Waals surface area (Å²) < 4.78 is 0. The molecule has 0 aliphatic rings. The first-order valence-electron chi connectivity index (χ1n) is 6.03. The zero-order valence-corrected chi connectivity index (χ0v) is 12.6. The molecule has 0 fully saturated rings. The molecule has 0 spiro atoms. The zero-order valence-electron chi connectivity index (χ0n) is 11.1. The smallest absolute Gasteiger partial charge is 0.223 e. The SMILES string of the molecule is CNc1cc(NC(C)c2ccc(Cl)cc2Cl)nc(N)n1. The third-order valence-corrected chi connectivity index (χ3v) is 3.36. The highest BCUT2D eigenvalue weighted by Crippen LogP contribution is 2.28. The van der Waals surface area contributed by atoms with Gasteiger partial charge in [-0.15, -0.1) is 0 Å². The average molecular weight is 312 g/mol. The number of halogens is 2. The molecule has 20 heavy (non-hydrogen) atoms. The topological polar surface area (TPSA) is 75.9 Å². The van der Waals surface area contributed by atoms with E-state index in [0.717, 1.165) is 5.56 Å². The van der Waals surface area contributed by atoms with Crippen molar-refractivity contribution in [2.24, 2.45) is 0 Å². The van der Waals surface area contributed by atoms with Crippen LogP contribution in [-0.2, 0) is 0 Å². The molecule has 0 radical (unpaired) electrons. The molecule has 5 nitrogen and oxygen atoms in total. The Morgan fingerprint density at radius 2 is 1.85 bits per heavy atom. The van der Waals surface area contributed by atoms with Gasteiger partial charge in [-0.25, -0.2) is 0 Å². The highest BCUT2D eigenvalue weighted by atomic mass is 35.5. The molecule has 1 unspecified atom stereocenters. The number of benzene rings is 1. The Bertz CT molecular complexity index is 618. The summed E-state index contributed by atoms with van der Waals surface area (Å²) in [5, 5.41) is 7.37. The number of nitrogens with one attached hydrogen (secondary N) is 2. The molecule has 1 aromatic heterocycles. The Morgan fingerprint density at radius 1 is 1.15 bits per heavy atom. The minimum absolute atomic E-state index is 0.0428. The van der Waals surface area contributed by atoms with E-state index < -0.39 is 0 Å². The fourth-order valence-electron chi connectivity index (χ4n) is 1.82. The highest BCUT2D eigenvalue weighted by molar-refractivity contribution is 6.35. The summed E-state index contributed by atoms with van der Waals surface area (Å²) in [4.78, 5) is 8.17. The lowest BCUT2D eigenvalue weighted by Gasteiger charge is -2.17. The minimum Gasteiger partial charge on any atom is -0.373 e. The van der Waals surface area contributed by atoms with E-state index in [0.29, 0.717) is 21.7 Å². The number of nitrogens with zero attached hydrogens (tertiary/aromatic N) is 2. The maximum Gasteiger partial charge on any atom is 0.223 e. The summed E-state index contributed by atoms with van der Waals surface area (Å²) in [5.41, 5.74) is 6.58. The largest absolute Gasteiger partial charge is 0.373 e. The van der Waals surface area contributed by atoms with Crippen molar-refractivity contribution in [3.8, 4) is 0 Å². The van der Waals surface area contributed by atoms with Crippen LogP contribution in [0.3, 0.4) is 0 Å². The van der Waals surface area contributed by atoms with Crippen molar-refractivity contribution in [2.45, 2.75) is 13.0 Å². The number of hydrogen-bond donors (Lipinski definition) is 3. The fraction of sp³-hybridized carbons (Fsp3) is 0.231. The van der Waals surface area contributed by atoms with Gasteiger partial charge in [-0.05, 0) is 24.6 Å². The van der Waals surface area contributed by atoms with Crippen LogP contribution in [0, 0.1) is 0 Å². The predicted octanol–water partition coefficient (Wildman–Crippen LogP) is 3.58. The Morgan fingerprint density at radius 3 is 2.50 bits per heavy atom. The van der Waals surface area contributed by atoms with E-state index in [-0.39, 0.29) is 12.0 Å². The standard InChI is InChI=1S/C13H15Cl2N5/c1-7(9-4-3-8(14)5-10(9)15)18-12-6-11(17-2)19-13(16)20-12/h3-7H,1-2H3,(H4,16,17,18,19,20). The lowest BCUT2D eigenvalue weighted by molar-refractivity contribution is 0.873.